The molecule has 1 aromatic heterocycles. The molecule has 1 aliphatic carbocycles. The second kappa shape index (κ2) is 12.7. The molecule has 1 saturated carbocycles. The predicted molar refractivity (Wildman–Crippen MR) is 155 cm³/mol. The van der Waals surface area contributed by atoms with E-state index in [2.05, 4.69) is 15.6 Å². The fourth-order valence-corrected chi connectivity index (χ4v) is 5.39. The number of anilines is 1. The molecule has 0 radical (unpaired) electrons. The molecule has 0 unspecified atom stereocenters. The largest absolute Gasteiger partial charge is 0.497 e. The fraction of sp³-hybridized carbons (Fsp3) is 0.355. The van der Waals surface area contributed by atoms with Crippen molar-refractivity contribution in [2.75, 3.05) is 26.2 Å². The van der Waals surface area contributed by atoms with Gasteiger partial charge in [0.25, 0.3) is 0 Å². The molecule has 4 aromatic rings. The van der Waals surface area contributed by atoms with E-state index in [1.165, 1.54) is 4.90 Å². The highest BCUT2D eigenvalue weighted by Crippen LogP contribution is 2.35. The predicted octanol–water partition coefficient (Wildman–Crippen LogP) is 4.68. The number of benzene rings is 3. The summed E-state index contributed by atoms with van der Waals surface area (Å²) < 4.78 is 17.9. The Morgan fingerprint density at radius 2 is 1.66 bits per heavy atom. The van der Waals surface area contributed by atoms with Gasteiger partial charge in [0.05, 0.1) is 26.8 Å². The number of hydrogen-bond acceptors (Lipinski definition) is 7. The zero-order valence-electron chi connectivity index (χ0n) is 23.6. The first-order chi connectivity index (χ1) is 20.0. The first-order valence-electron chi connectivity index (χ1n) is 13.8. The molecule has 1 aliphatic rings. The molecular weight excluding hydrogens is 522 g/mol. The number of amides is 2. The quantitative estimate of drug-likeness (QED) is 0.302. The maximum atomic E-state index is 14.3. The van der Waals surface area contributed by atoms with E-state index in [4.69, 9.17) is 14.2 Å². The summed E-state index contributed by atoms with van der Waals surface area (Å²) in [5, 5.41) is 11.7. The standard InChI is InChI=1S/C31H35N5O5/c1-39-24-16-14-23(15-17-24)36(29(37)20-35-26-12-8-7-11-25(26)33-34-35)30(31(38)32-22-9-5-4-6-10-22)21-13-18-27(40-2)28(19-21)41-3/h7-8,11-19,22,30H,4-6,9-10,20H2,1-3H3,(H,32,38)/t30-/m0/s1. The lowest BCUT2D eigenvalue weighted by molar-refractivity contribution is -0.127. The van der Waals surface area contributed by atoms with Crippen molar-refractivity contribution in [2.24, 2.45) is 0 Å². The van der Waals surface area contributed by atoms with Gasteiger partial charge in [0.1, 0.15) is 23.9 Å². The summed E-state index contributed by atoms with van der Waals surface area (Å²) in [5.74, 6) is 1.03. The van der Waals surface area contributed by atoms with Crippen molar-refractivity contribution in [2.45, 2.75) is 50.7 Å². The van der Waals surface area contributed by atoms with Crippen LogP contribution in [0.4, 0.5) is 5.69 Å². The molecule has 1 fully saturated rings. The zero-order chi connectivity index (χ0) is 28.8. The number of fused-ring (bicyclic) bond motifs is 1. The number of nitrogens with one attached hydrogen (secondary N) is 1. The van der Waals surface area contributed by atoms with Crippen LogP contribution in [0, 0.1) is 0 Å². The minimum atomic E-state index is -0.993. The average molecular weight is 558 g/mol. The lowest BCUT2D eigenvalue weighted by atomic mass is 9.94. The molecule has 0 spiro atoms. The Hall–Kier alpha value is -4.60. The molecule has 1 atom stereocenters. The van der Waals surface area contributed by atoms with E-state index in [1.807, 2.05) is 24.3 Å². The van der Waals surface area contributed by atoms with Gasteiger partial charge in [0.15, 0.2) is 11.5 Å². The Bertz CT molecular complexity index is 1500. The summed E-state index contributed by atoms with van der Waals surface area (Å²) in [7, 11) is 4.68. The molecule has 214 valence electrons. The first kappa shape index (κ1) is 27.9. The summed E-state index contributed by atoms with van der Waals surface area (Å²) >= 11 is 0. The van der Waals surface area contributed by atoms with Gasteiger partial charge in [-0.2, -0.15) is 0 Å². The molecule has 0 saturated heterocycles. The van der Waals surface area contributed by atoms with Crippen LogP contribution < -0.4 is 24.4 Å². The van der Waals surface area contributed by atoms with Crippen LogP contribution in [-0.2, 0) is 16.1 Å². The average Bonchev–Trinajstić information content (AvgIpc) is 3.42. The molecule has 10 nitrogen and oxygen atoms in total. The number of para-hydroxylation sites is 1. The van der Waals surface area contributed by atoms with Crippen LogP contribution in [-0.4, -0.2) is 54.2 Å². The Morgan fingerprint density at radius 1 is 0.927 bits per heavy atom. The van der Waals surface area contributed by atoms with E-state index >= 15 is 0 Å². The molecular formula is C31H35N5O5. The Kier molecular flexibility index (Phi) is 8.67. The van der Waals surface area contributed by atoms with Crippen LogP contribution in [0.15, 0.2) is 66.7 Å². The lowest BCUT2D eigenvalue weighted by Crippen LogP contribution is -2.48. The number of ether oxygens (including phenoxy) is 3. The first-order valence-corrected chi connectivity index (χ1v) is 13.8. The summed E-state index contributed by atoms with van der Waals surface area (Å²) in [5.41, 5.74) is 2.54. The SMILES string of the molecule is COc1ccc(N(C(=O)Cn2nnc3ccccc32)[C@H](C(=O)NC2CCCCC2)c2ccc(OC)c(OC)c2)cc1. The van der Waals surface area contributed by atoms with Gasteiger partial charge < -0.3 is 19.5 Å². The molecule has 41 heavy (non-hydrogen) atoms. The molecule has 1 heterocycles. The van der Waals surface area contributed by atoms with E-state index in [0.29, 0.717) is 34.0 Å². The Balaban J connectivity index is 1.60. The van der Waals surface area contributed by atoms with Crippen LogP contribution in [0.5, 0.6) is 17.2 Å². The van der Waals surface area contributed by atoms with Crippen LogP contribution in [0.1, 0.15) is 43.7 Å². The second-order valence-electron chi connectivity index (χ2n) is 10.1. The van der Waals surface area contributed by atoms with Gasteiger partial charge in [-0.15, -0.1) is 5.10 Å². The number of nitrogens with zero attached hydrogens (tertiary/aromatic N) is 4. The third-order valence-electron chi connectivity index (χ3n) is 7.51. The number of rotatable bonds is 10. The molecule has 5 rings (SSSR count). The highest BCUT2D eigenvalue weighted by Gasteiger charge is 2.35. The topological polar surface area (TPSA) is 108 Å². The minimum absolute atomic E-state index is 0.0472. The van der Waals surface area contributed by atoms with E-state index in [9.17, 15) is 9.59 Å². The maximum Gasteiger partial charge on any atom is 0.249 e. The molecule has 2 amide bonds. The third kappa shape index (κ3) is 6.11. The van der Waals surface area contributed by atoms with E-state index in [-0.39, 0.29) is 24.4 Å². The minimum Gasteiger partial charge on any atom is -0.497 e. The van der Waals surface area contributed by atoms with Gasteiger partial charge in [-0.25, -0.2) is 4.68 Å². The third-order valence-corrected chi connectivity index (χ3v) is 7.51. The molecule has 1 N–H and O–H groups in total. The molecule has 10 heteroatoms. The van der Waals surface area contributed by atoms with Gasteiger partial charge in [0.2, 0.25) is 11.8 Å². The van der Waals surface area contributed by atoms with Gasteiger partial charge in [-0.1, -0.05) is 42.7 Å². The van der Waals surface area contributed by atoms with Crippen molar-refractivity contribution in [3.63, 3.8) is 0 Å². The number of methoxy groups -OCH3 is 3. The van der Waals surface area contributed by atoms with Crippen molar-refractivity contribution < 1.29 is 23.8 Å². The van der Waals surface area contributed by atoms with Gasteiger partial charge in [-0.3, -0.25) is 14.5 Å². The smallest absolute Gasteiger partial charge is 0.249 e. The van der Waals surface area contributed by atoms with Gasteiger partial charge in [0, 0.05) is 11.7 Å². The summed E-state index contributed by atoms with van der Waals surface area (Å²) in [4.78, 5) is 30.0. The normalized spacial score (nSPS) is 14.3. The summed E-state index contributed by atoms with van der Waals surface area (Å²) in [6.45, 7) is -0.118. The summed E-state index contributed by atoms with van der Waals surface area (Å²) in [6, 6.07) is 18.9. The lowest BCUT2D eigenvalue weighted by Gasteiger charge is -2.33. The van der Waals surface area contributed by atoms with Crippen molar-refractivity contribution in [3.05, 3.63) is 72.3 Å². The monoisotopic (exact) mass is 557 g/mol. The Labute approximate surface area is 239 Å². The number of carbonyl (C=O) groups is 2. The van der Waals surface area contributed by atoms with Crippen LogP contribution in [0.3, 0.4) is 0 Å². The number of carbonyl (C=O) groups excluding carboxylic acids is 2. The van der Waals surface area contributed by atoms with Crippen molar-refractivity contribution in [1.82, 2.24) is 20.3 Å². The fourth-order valence-electron chi connectivity index (χ4n) is 5.39. The highest BCUT2D eigenvalue weighted by atomic mass is 16.5. The maximum absolute atomic E-state index is 14.3. The van der Waals surface area contributed by atoms with Crippen LogP contribution in [0.2, 0.25) is 0 Å². The molecule has 0 bridgehead atoms. The van der Waals surface area contributed by atoms with Crippen molar-refractivity contribution >= 4 is 28.5 Å². The van der Waals surface area contributed by atoms with Gasteiger partial charge >= 0.3 is 0 Å². The zero-order valence-corrected chi connectivity index (χ0v) is 23.6. The van der Waals surface area contributed by atoms with E-state index < -0.39 is 6.04 Å². The van der Waals surface area contributed by atoms with E-state index in [1.54, 1.807) is 68.5 Å². The van der Waals surface area contributed by atoms with Gasteiger partial charge in [-0.05, 0) is 66.9 Å². The van der Waals surface area contributed by atoms with Crippen LogP contribution >= 0.6 is 0 Å². The number of aromatic nitrogens is 3. The summed E-state index contributed by atoms with van der Waals surface area (Å²) in [6.07, 6.45) is 5.10. The molecule has 0 aliphatic heterocycles. The highest BCUT2D eigenvalue weighted by molar-refractivity contribution is 6.01. The van der Waals surface area contributed by atoms with Crippen molar-refractivity contribution in [1.29, 1.82) is 0 Å². The van der Waals surface area contributed by atoms with Crippen LogP contribution in [0.25, 0.3) is 11.0 Å². The van der Waals surface area contributed by atoms with Crippen molar-refractivity contribution in [3.8, 4) is 17.2 Å². The number of hydrogen-bond donors (Lipinski definition) is 1. The van der Waals surface area contributed by atoms with E-state index in [0.717, 1.165) is 37.6 Å². The second-order valence-corrected chi connectivity index (χ2v) is 10.1. The molecule has 3 aromatic carbocycles. The Morgan fingerprint density at radius 3 is 2.37 bits per heavy atom.